The van der Waals surface area contributed by atoms with Gasteiger partial charge in [0.1, 0.15) is 12.4 Å². The Morgan fingerprint density at radius 3 is 1.61 bits per heavy atom. The van der Waals surface area contributed by atoms with E-state index in [1.165, 1.54) is 24.8 Å². The maximum absolute atomic E-state index is 11.3. The summed E-state index contributed by atoms with van der Waals surface area (Å²) in [5.74, 6) is 0. The van der Waals surface area contributed by atoms with E-state index >= 15 is 0 Å². The molecule has 0 N–H and O–H groups in total. The van der Waals surface area contributed by atoms with Crippen LogP contribution in [-0.2, 0) is 0 Å². The standard InChI is InChI=1S/C12H10N4O2/c17-15-7-3-1-5-11(15)9-13-14-10-12-6-2-4-8-16(12)18/h1-10H. The van der Waals surface area contributed by atoms with E-state index in [4.69, 9.17) is 0 Å². The molecule has 0 aliphatic carbocycles. The molecule has 0 atom stereocenters. The van der Waals surface area contributed by atoms with E-state index in [0.29, 0.717) is 20.8 Å². The highest BCUT2D eigenvalue weighted by Crippen LogP contribution is 1.89. The van der Waals surface area contributed by atoms with Crippen LogP contribution in [-0.4, -0.2) is 12.4 Å². The summed E-state index contributed by atoms with van der Waals surface area (Å²) in [4.78, 5) is 0. The van der Waals surface area contributed by atoms with Crippen molar-refractivity contribution in [3.63, 3.8) is 0 Å². The maximum Gasteiger partial charge on any atom is 0.236 e. The summed E-state index contributed by atoms with van der Waals surface area (Å²) in [7, 11) is 0. The Morgan fingerprint density at radius 2 is 1.22 bits per heavy atom. The van der Waals surface area contributed by atoms with Crippen molar-refractivity contribution in [3.8, 4) is 0 Å². The maximum atomic E-state index is 11.3. The fourth-order valence-electron chi connectivity index (χ4n) is 1.27. The Morgan fingerprint density at radius 1 is 0.778 bits per heavy atom. The summed E-state index contributed by atoms with van der Waals surface area (Å²) in [6.07, 6.45) is 5.38. The van der Waals surface area contributed by atoms with Crippen LogP contribution in [0.25, 0.3) is 0 Å². The third kappa shape index (κ3) is 2.88. The van der Waals surface area contributed by atoms with Gasteiger partial charge in [-0.2, -0.15) is 19.7 Å². The highest BCUT2D eigenvalue weighted by molar-refractivity contribution is 5.78. The van der Waals surface area contributed by atoms with E-state index in [1.807, 2.05) is 0 Å². The first-order valence-corrected chi connectivity index (χ1v) is 5.20. The van der Waals surface area contributed by atoms with Gasteiger partial charge in [-0.25, -0.2) is 0 Å². The monoisotopic (exact) mass is 242 g/mol. The van der Waals surface area contributed by atoms with Crippen LogP contribution in [0.2, 0.25) is 0 Å². The molecule has 0 aliphatic heterocycles. The largest absolute Gasteiger partial charge is 0.618 e. The molecule has 18 heavy (non-hydrogen) atoms. The predicted octanol–water partition coefficient (Wildman–Crippen LogP) is 0.406. The van der Waals surface area contributed by atoms with Crippen LogP contribution in [0.15, 0.2) is 59.0 Å². The van der Waals surface area contributed by atoms with E-state index < -0.39 is 0 Å². The third-order valence-corrected chi connectivity index (χ3v) is 2.15. The van der Waals surface area contributed by atoms with Crippen LogP contribution in [0.1, 0.15) is 11.4 Å². The van der Waals surface area contributed by atoms with Gasteiger partial charge in [0, 0.05) is 24.3 Å². The van der Waals surface area contributed by atoms with Crippen molar-refractivity contribution < 1.29 is 9.46 Å². The normalized spacial score (nSPS) is 11.3. The molecule has 6 nitrogen and oxygen atoms in total. The van der Waals surface area contributed by atoms with Crippen molar-refractivity contribution in [3.05, 3.63) is 70.6 Å². The molecular weight excluding hydrogens is 232 g/mol. The number of nitrogens with zero attached hydrogens (tertiary/aromatic N) is 4. The first-order chi connectivity index (χ1) is 8.77. The van der Waals surface area contributed by atoms with Crippen LogP contribution in [0, 0.1) is 10.4 Å². The van der Waals surface area contributed by atoms with Crippen molar-refractivity contribution in [2.75, 3.05) is 0 Å². The molecule has 0 radical (unpaired) electrons. The van der Waals surface area contributed by atoms with Crippen molar-refractivity contribution in [2.45, 2.75) is 0 Å². The fraction of sp³-hybridized carbons (Fsp3) is 0. The third-order valence-electron chi connectivity index (χ3n) is 2.15. The van der Waals surface area contributed by atoms with Crippen molar-refractivity contribution >= 4 is 12.4 Å². The van der Waals surface area contributed by atoms with Crippen LogP contribution in [0.4, 0.5) is 0 Å². The minimum atomic E-state index is 0.373. The Hall–Kier alpha value is -2.76. The Bertz CT molecular complexity index is 543. The van der Waals surface area contributed by atoms with Gasteiger partial charge in [-0.3, -0.25) is 0 Å². The van der Waals surface area contributed by atoms with E-state index in [2.05, 4.69) is 10.2 Å². The fourth-order valence-corrected chi connectivity index (χ4v) is 1.27. The number of hydrogen-bond acceptors (Lipinski definition) is 4. The average molecular weight is 242 g/mol. The Balaban J connectivity index is 2.08. The SMILES string of the molecule is [O-][n+]1ccccc1C=NN=Cc1cccc[n+]1[O-]. The van der Waals surface area contributed by atoms with Gasteiger partial charge >= 0.3 is 0 Å². The first-order valence-electron chi connectivity index (χ1n) is 5.20. The van der Waals surface area contributed by atoms with Crippen molar-refractivity contribution in [2.24, 2.45) is 10.2 Å². The molecule has 0 fully saturated rings. The zero-order valence-electron chi connectivity index (χ0n) is 9.38. The molecule has 0 saturated heterocycles. The number of pyridine rings is 2. The molecule has 0 aromatic carbocycles. The zero-order chi connectivity index (χ0) is 12.8. The quantitative estimate of drug-likeness (QED) is 0.338. The molecule has 0 unspecified atom stereocenters. The second-order valence-corrected chi connectivity index (χ2v) is 3.39. The Kier molecular flexibility index (Phi) is 3.60. The van der Waals surface area contributed by atoms with Crippen LogP contribution in [0.3, 0.4) is 0 Å². The van der Waals surface area contributed by atoms with Gasteiger partial charge in [0.15, 0.2) is 12.4 Å². The average Bonchev–Trinajstić information content (AvgIpc) is 2.38. The molecular formula is C12H10N4O2. The van der Waals surface area contributed by atoms with E-state index in [-0.39, 0.29) is 0 Å². The van der Waals surface area contributed by atoms with Gasteiger partial charge in [-0.05, 0) is 12.1 Å². The van der Waals surface area contributed by atoms with Crippen molar-refractivity contribution in [1.82, 2.24) is 0 Å². The second-order valence-electron chi connectivity index (χ2n) is 3.39. The number of hydrogen-bond donors (Lipinski definition) is 0. The molecule has 0 amide bonds. The predicted molar refractivity (Wildman–Crippen MR) is 66.0 cm³/mol. The lowest BCUT2D eigenvalue weighted by atomic mass is 10.4. The lowest BCUT2D eigenvalue weighted by Gasteiger charge is -1.97. The zero-order valence-corrected chi connectivity index (χ0v) is 9.38. The molecule has 2 aromatic rings. The van der Waals surface area contributed by atoms with Gasteiger partial charge in [-0.1, -0.05) is 0 Å². The van der Waals surface area contributed by atoms with E-state index in [1.54, 1.807) is 36.4 Å². The molecule has 2 aromatic heterocycles. The van der Waals surface area contributed by atoms with Crippen LogP contribution < -0.4 is 9.46 Å². The minimum Gasteiger partial charge on any atom is -0.618 e. The van der Waals surface area contributed by atoms with Gasteiger partial charge in [-0.15, -0.1) is 0 Å². The molecule has 0 spiro atoms. The topological polar surface area (TPSA) is 78.6 Å². The summed E-state index contributed by atoms with van der Waals surface area (Å²) in [6, 6.07) is 9.92. The van der Waals surface area contributed by atoms with E-state index in [9.17, 15) is 10.4 Å². The molecule has 6 heteroatoms. The number of rotatable bonds is 3. The summed E-state index contributed by atoms with van der Waals surface area (Å²) >= 11 is 0. The van der Waals surface area contributed by atoms with Gasteiger partial charge in [0.05, 0.1) is 0 Å². The van der Waals surface area contributed by atoms with Gasteiger partial charge in [0.2, 0.25) is 11.4 Å². The lowest BCUT2D eigenvalue weighted by molar-refractivity contribution is -0.606. The molecule has 0 aliphatic rings. The smallest absolute Gasteiger partial charge is 0.236 e. The minimum absolute atomic E-state index is 0.373. The molecule has 90 valence electrons. The summed E-state index contributed by atoms with van der Waals surface area (Å²) in [5, 5.41) is 29.9. The lowest BCUT2D eigenvalue weighted by Crippen LogP contribution is -2.30. The Labute approximate surface area is 103 Å². The van der Waals surface area contributed by atoms with Gasteiger partial charge in [0.25, 0.3) is 0 Å². The summed E-state index contributed by atoms with van der Waals surface area (Å²) < 4.78 is 1.35. The highest BCUT2D eigenvalue weighted by atomic mass is 16.5. The molecule has 0 saturated carbocycles. The van der Waals surface area contributed by atoms with E-state index in [0.717, 1.165) is 0 Å². The number of aromatic nitrogens is 2. The van der Waals surface area contributed by atoms with Crippen molar-refractivity contribution in [1.29, 1.82) is 0 Å². The summed E-state index contributed by atoms with van der Waals surface area (Å²) in [6.45, 7) is 0. The van der Waals surface area contributed by atoms with Crippen LogP contribution >= 0.6 is 0 Å². The first kappa shape index (κ1) is 11.7. The van der Waals surface area contributed by atoms with Crippen LogP contribution in [0.5, 0.6) is 0 Å². The summed E-state index contributed by atoms with van der Waals surface area (Å²) in [5.41, 5.74) is 0.746. The van der Waals surface area contributed by atoms with Gasteiger partial charge < -0.3 is 10.4 Å². The molecule has 2 heterocycles. The molecule has 0 bridgehead atoms. The second kappa shape index (κ2) is 5.53. The molecule has 2 rings (SSSR count). The highest BCUT2D eigenvalue weighted by Gasteiger charge is 1.98.